The van der Waals surface area contributed by atoms with Gasteiger partial charge in [0.05, 0.1) is 15.5 Å². The third-order valence-electron chi connectivity index (χ3n) is 3.01. The van der Waals surface area contributed by atoms with Gasteiger partial charge in [-0.15, -0.1) is 0 Å². The Kier molecular flexibility index (Phi) is 7.03. The van der Waals surface area contributed by atoms with Crippen LogP contribution in [0.15, 0.2) is 28.0 Å². The van der Waals surface area contributed by atoms with Gasteiger partial charge in [-0.25, -0.2) is 16.8 Å². The van der Waals surface area contributed by atoms with Crippen LogP contribution in [-0.4, -0.2) is 49.1 Å². The van der Waals surface area contributed by atoms with Crippen molar-refractivity contribution in [3.8, 4) is 0 Å². The molecule has 23 heavy (non-hydrogen) atoms. The summed E-state index contributed by atoms with van der Waals surface area (Å²) in [6.07, 6.45) is 2.84. The zero-order valence-electron chi connectivity index (χ0n) is 14.0. The molecule has 1 N–H and O–H groups in total. The molecule has 0 aliphatic rings. The molecule has 0 aliphatic carbocycles. The van der Waals surface area contributed by atoms with Crippen molar-refractivity contribution in [3.05, 3.63) is 18.2 Å². The standard InChI is InChI=1S/C15H25NO5S2/c1-12(2)11-21-9-5-8-16-14-7-6-13(22(3,17)18)10-15(14)23(4,19)20/h6-7,10,12,16H,5,8-9,11H2,1-4H3. The number of ether oxygens (including phenoxy) is 1. The molecule has 1 aromatic carbocycles. The highest BCUT2D eigenvalue weighted by molar-refractivity contribution is 7.91. The Hall–Kier alpha value is -1.12. The Morgan fingerprint density at radius 2 is 1.74 bits per heavy atom. The molecule has 0 saturated carbocycles. The van der Waals surface area contributed by atoms with Crippen LogP contribution in [0.1, 0.15) is 20.3 Å². The number of benzene rings is 1. The van der Waals surface area contributed by atoms with E-state index in [0.717, 1.165) is 18.9 Å². The first kappa shape index (κ1) is 19.9. The van der Waals surface area contributed by atoms with Crippen molar-refractivity contribution in [1.82, 2.24) is 0 Å². The summed E-state index contributed by atoms with van der Waals surface area (Å²) in [5.41, 5.74) is 0.406. The average Bonchev–Trinajstić information content (AvgIpc) is 2.40. The molecule has 132 valence electrons. The van der Waals surface area contributed by atoms with Gasteiger partial charge >= 0.3 is 0 Å². The van der Waals surface area contributed by atoms with E-state index in [4.69, 9.17) is 4.74 Å². The predicted molar refractivity (Wildman–Crippen MR) is 91.4 cm³/mol. The molecule has 0 spiro atoms. The average molecular weight is 364 g/mol. The SMILES string of the molecule is CC(C)COCCCNc1ccc(S(C)(=O)=O)cc1S(C)(=O)=O. The third kappa shape index (κ3) is 6.88. The number of hydrogen-bond donors (Lipinski definition) is 1. The highest BCUT2D eigenvalue weighted by Gasteiger charge is 2.17. The molecule has 0 unspecified atom stereocenters. The molecule has 0 atom stereocenters. The normalized spacial score (nSPS) is 12.6. The Morgan fingerprint density at radius 3 is 2.26 bits per heavy atom. The second-order valence-electron chi connectivity index (χ2n) is 5.95. The second kappa shape index (κ2) is 8.12. The molecule has 0 fully saturated rings. The van der Waals surface area contributed by atoms with Gasteiger partial charge in [0.15, 0.2) is 19.7 Å². The largest absolute Gasteiger partial charge is 0.384 e. The lowest BCUT2D eigenvalue weighted by Gasteiger charge is -2.13. The number of nitrogens with one attached hydrogen (secondary N) is 1. The Labute approximate surface area is 139 Å². The fourth-order valence-electron chi connectivity index (χ4n) is 1.90. The summed E-state index contributed by atoms with van der Waals surface area (Å²) >= 11 is 0. The Bertz CT molecular complexity index is 724. The van der Waals surface area contributed by atoms with Crippen LogP contribution < -0.4 is 5.32 Å². The molecule has 0 saturated heterocycles. The molecule has 8 heteroatoms. The minimum absolute atomic E-state index is 0.0104. The van der Waals surface area contributed by atoms with Gasteiger partial charge in [-0.05, 0) is 30.5 Å². The maximum absolute atomic E-state index is 11.9. The van der Waals surface area contributed by atoms with Gasteiger partial charge < -0.3 is 10.1 Å². The summed E-state index contributed by atoms with van der Waals surface area (Å²) in [6.45, 7) is 5.96. The van der Waals surface area contributed by atoms with Crippen LogP contribution >= 0.6 is 0 Å². The van der Waals surface area contributed by atoms with E-state index in [1.807, 2.05) is 0 Å². The van der Waals surface area contributed by atoms with Crippen LogP contribution in [0.5, 0.6) is 0 Å². The molecular weight excluding hydrogens is 338 g/mol. The van der Waals surface area contributed by atoms with Crippen molar-refractivity contribution in [2.24, 2.45) is 5.92 Å². The van der Waals surface area contributed by atoms with Crippen LogP contribution in [0.25, 0.3) is 0 Å². The number of sulfone groups is 2. The van der Waals surface area contributed by atoms with Gasteiger partial charge in [0.2, 0.25) is 0 Å². The van der Waals surface area contributed by atoms with E-state index in [2.05, 4.69) is 19.2 Å². The van der Waals surface area contributed by atoms with E-state index in [1.165, 1.54) is 18.2 Å². The lowest BCUT2D eigenvalue weighted by molar-refractivity contribution is 0.110. The number of anilines is 1. The zero-order chi connectivity index (χ0) is 17.7. The number of hydrogen-bond acceptors (Lipinski definition) is 6. The predicted octanol–water partition coefficient (Wildman–Crippen LogP) is 1.97. The summed E-state index contributed by atoms with van der Waals surface area (Å²) in [5.74, 6) is 0.475. The van der Waals surface area contributed by atoms with Crippen LogP contribution in [-0.2, 0) is 24.4 Å². The van der Waals surface area contributed by atoms with Crippen LogP contribution in [0.2, 0.25) is 0 Å². The summed E-state index contributed by atoms with van der Waals surface area (Å²) < 4.78 is 52.4. The minimum atomic E-state index is -3.53. The second-order valence-corrected chi connectivity index (χ2v) is 9.95. The zero-order valence-corrected chi connectivity index (χ0v) is 15.6. The van der Waals surface area contributed by atoms with E-state index < -0.39 is 19.7 Å². The molecule has 6 nitrogen and oxygen atoms in total. The van der Waals surface area contributed by atoms with E-state index in [0.29, 0.717) is 31.4 Å². The topological polar surface area (TPSA) is 89.5 Å². The van der Waals surface area contributed by atoms with Crippen LogP contribution in [0, 0.1) is 5.92 Å². The van der Waals surface area contributed by atoms with E-state index in [9.17, 15) is 16.8 Å². The molecule has 0 aliphatic heterocycles. The van der Waals surface area contributed by atoms with E-state index in [1.54, 1.807) is 0 Å². The fourth-order valence-corrected chi connectivity index (χ4v) is 3.50. The van der Waals surface area contributed by atoms with Crippen molar-refractivity contribution in [2.45, 2.75) is 30.1 Å². The fraction of sp³-hybridized carbons (Fsp3) is 0.600. The molecule has 0 radical (unpaired) electrons. The first-order chi connectivity index (χ1) is 10.5. The van der Waals surface area contributed by atoms with Gasteiger partial charge in [0.25, 0.3) is 0 Å². The maximum atomic E-state index is 11.9. The Morgan fingerprint density at radius 1 is 1.09 bits per heavy atom. The van der Waals surface area contributed by atoms with Gasteiger partial charge in [0, 0.05) is 32.3 Å². The first-order valence-corrected chi connectivity index (χ1v) is 11.2. The molecule has 0 bridgehead atoms. The van der Waals surface area contributed by atoms with E-state index in [-0.39, 0.29) is 9.79 Å². The van der Waals surface area contributed by atoms with E-state index >= 15 is 0 Å². The smallest absolute Gasteiger partial charge is 0.177 e. The summed E-state index contributed by atoms with van der Waals surface area (Å²) in [7, 11) is -6.99. The maximum Gasteiger partial charge on any atom is 0.177 e. The molecular formula is C15H25NO5S2. The lowest BCUT2D eigenvalue weighted by atomic mass is 10.2. The highest BCUT2D eigenvalue weighted by atomic mass is 32.2. The highest BCUT2D eigenvalue weighted by Crippen LogP contribution is 2.25. The van der Waals surface area contributed by atoms with Gasteiger partial charge in [-0.1, -0.05) is 13.8 Å². The Balaban J connectivity index is 2.79. The molecule has 0 aromatic heterocycles. The van der Waals surface area contributed by atoms with Gasteiger partial charge in [-0.3, -0.25) is 0 Å². The summed E-state index contributed by atoms with van der Waals surface area (Å²) in [6, 6.07) is 4.09. The van der Waals surface area contributed by atoms with Crippen molar-refractivity contribution < 1.29 is 21.6 Å². The van der Waals surface area contributed by atoms with Crippen molar-refractivity contribution in [3.63, 3.8) is 0 Å². The monoisotopic (exact) mass is 363 g/mol. The molecule has 0 heterocycles. The lowest BCUT2D eigenvalue weighted by Crippen LogP contribution is -2.11. The summed E-state index contributed by atoms with van der Waals surface area (Å²) in [4.78, 5) is -0.0211. The molecule has 0 amide bonds. The molecule has 1 rings (SSSR count). The quantitative estimate of drug-likeness (QED) is 0.675. The van der Waals surface area contributed by atoms with Gasteiger partial charge in [-0.2, -0.15) is 0 Å². The minimum Gasteiger partial charge on any atom is -0.384 e. The van der Waals surface area contributed by atoms with Crippen molar-refractivity contribution in [2.75, 3.05) is 37.6 Å². The first-order valence-electron chi connectivity index (χ1n) is 7.37. The molecule has 1 aromatic rings. The van der Waals surface area contributed by atoms with Crippen LogP contribution in [0.3, 0.4) is 0 Å². The van der Waals surface area contributed by atoms with Gasteiger partial charge in [0.1, 0.15) is 0 Å². The van der Waals surface area contributed by atoms with Crippen LogP contribution in [0.4, 0.5) is 5.69 Å². The van der Waals surface area contributed by atoms with Crippen molar-refractivity contribution in [1.29, 1.82) is 0 Å². The third-order valence-corrected chi connectivity index (χ3v) is 5.26. The number of rotatable bonds is 9. The van der Waals surface area contributed by atoms with Crippen molar-refractivity contribution >= 4 is 25.4 Å². The summed E-state index contributed by atoms with van der Waals surface area (Å²) in [5, 5.41) is 3.03.